The Balaban J connectivity index is 1.84. The van der Waals surface area contributed by atoms with E-state index in [1.807, 2.05) is 24.5 Å². The van der Waals surface area contributed by atoms with Crippen LogP contribution in [0.15, 0.2) is 28.2 Å². The van der Waals surface area contributed by atoms with Crippen molar-refractivity contribution in [3.63, 3.8) is 0 Å². The fourth-order valence-corrected chi connectivity index (χ4v) is 3.65. The number of hydrogen-bond donors (Lipinski definition) is 2. The fourth-order valence-electron chi connectivity index (χ4n) is 3.25. The summed E-state index contributed by atoms with van der Waals surface area (Å²) in [5.74, 6) is 0.366. The number of benzene rings is 1. The molecule has 3 rings (SSSR count). The summed E-state index contributed by atoms with van der Waals surface area (Å²) in [7, 11) is 0. The van der Waals surface area contributed by atoms with Crippen LogP contribution in [0, 0.1) is 0 Å². The van der Waals surface area contributed by atoms with Crippen molar-refractivity contribution < 1.29 is 5.11 Å². The van der Waals surface area contributed by atoms with Gasteiger partial charge in [-0.2, -0.15) is 0 Å². The lowest BCUT2D eigenvalue weighted by atomic mass is 9.85. The van der Waals surface area contributed by atoms with E-state index in [9.17, 15) is 9.90 Å². The fraction of sp³-hybridized carbons (Fsp3) is 0.474. The van der Waals surface area contributed by atoms with Crippen LogP contribution in [0.1, 0.15) is 43.2 Å². The predicted octanol–water partition coefficient (Wildman–Crippen LogP) is 3.05. The van der Waals surface area contributed by atoms with Gasteiger partial charge in [0, 0.05) is 31.6 Å². The van der Waals surface area contributed by atoms with Crippen molar-refractivity contribution in [2.75, 3.05) is 12.8 Å². The first-order chi connectivity index (χ1) is 11.8. The van der Waals surface area contributed by atoms with E-state index in [1.165, 1.54) is 11.8 Å². The number of nitrogens with zero attached hydrogens (tertiary/aromatic N) is 2. The number of rotatable bonds is 3. The zero-order valence-electron chi connectivity index (χ0n) is 15.2. The molecule has 0 saturated carbocycles. The molecule has 0 radical (unpaired) electrons. The molecule has 1 aliphatic rings. The summed E-state index contributed by atoms with van der Waals surface area (Å²) in [5, 5.41) is 11.3. The van der Waals surface area contributed by atoms with Crippen LogP contribution < -0.4 is 5.56 Å². The maximum absolute atomic E-state index is 12.3. The van der Waals surface area contributed by atoms with Crippen molar-refractivity contribution in [1.29, 1.82) is 0 Å². The second-order valence-corrected chi connectivity index (χ2v) is 8.32. The number of nitrogens with one attached hydrogen (secondary N) is 1. The van der Waals surface area contributed by atoms with Crippen molar-refractivity contribution in [3.8, 4) is 5.75 Å². The highest BCUT2D eigenvalue weighted by Crippen LogP contribution is 2.34. The van der Waals surface area contributed by atoms with Gasteiger partial charge < -0.3 is 10.1 Å². The van der Waals surface area contributed by atoms with Gasteiger partial charge in [-0.05, 0) is 17.2 Å². The molecule has 0 fully saturated rings. The molecule has 0 amide bonds. The van der Waals surface area contributed by atoms with Gasteiger partial charge in [-0.15, -0.1) is 0 Å². The number of thioether (sulfide) groups is 1. The second kappa shape index (κ2) is 6.84. The Morgan fingerprint density at radius 1 is 1.36 bits per heavy atom. The van der Waals surface area contributed by atoms with Gasteiger partial charge in [0.05, 0.1) is 11.3 Å². The third-order valence-electron chi connectivity index (χ3n) is 4.64. The smallest absolute Gasteiger partial charge is 0.256 e. The van der Waals surface area contributed by atoms with Crippen LogP contribution in [0.3, 0.4) is 0 Å². The van der Waals surface area contributed by atoms with Crippen LogP contribution in [0.2, 0.25) is 0 Å². The number of aromatic amines is 1. The van der Waals surface area contributed by atoms with Gasteiger partial charge >= 0.3 is 0 Å². The van der Waals surface area contributed by atoms with Crippen LogP contribution in [-0.2, 0) is 24.9 Å². The van der Waals surface area contributed by atoms with E-state index < -0.39 is 0 Å². The zero-order valence-corrected chi connectivity index (χ0v) is 16.0. The molecular formula is C19H25N3O2S. The number of aromatic hydroxyl groups is 1. The van der Waals surface area contributed by atoms with E-state index in [0.29, 0.717) is 24.0 Å². The van der Waals surface area contributed by atoms with Gasteiger partial charge in [-0.3, -0.25) is 9.69 Å². The van der Waals surface area contributed by atoms with Crippen molar-refractivity contribution in [2.24, 2.45) is 0 Å². The predicted molar refractivity (Wildman–Crippen MR) is 101 cm³/mol. The first kappa shape index (κ1) is 18.0. The number of H-pyrrole nitrogens is 1. The number of fused-ring (bicyclic) bond motifs is 1. The number of aromatic nitrogens is 2. The molecule has 1 aromatic carbocycles. The summed E-state index contributed by atoms with van der Waals surface area (Å²) in [6.07, 6.45) is 2.66. The lowest BCUT2D eigenvalue weighted by Gasteiger charge is -2.29. The van der Waals surface area contributed by atoms with E-state index in [2.05, 4.69) is 35.6 Å². The minimum Gasteiger partial charge on any atom is -0.507 e. The Bertz CT molecular complexity index is 840. The van der Waals surface area contributed by atoms with Crippen LogP contribution in [0.25, 0.3) is 0 Å². The van der Waals surface area contributed by atoms with Gasteiger partial charge in [0.2, 0.25) is 0 Å². The Morgan fingerprint density at radius 3 is 2.80 bits per heavy atom. The molecule has 6 heteroatoms. The van der Waals surface area contributed by atoms with Gasteiger partial charge in [0.25, 0.3) is 5.56 Å². The van der Waals surface area contributed by atoms with Gasteiger partial charge in [-0.1, -0.05) is 50.7 Å². The molecule has 0 atom stereocenters. The molecule has 1 aromatic heterocycles. The summed E-state index contributed by atoms with van der Waals surface area (Å²) in [6.45, 7) is 8.30. The molecule has 0 spiro atoms. The van der Waals surface area contributed by atoms with Gasteiger partial charge in [-0.25, -0.2) is 4.98 Å². The highest BCUT2D eigenvalue weighted by Gasteiger charge is 2.24. The second-order valence-electron chi connectivity index (χ2n) is 7.52. The summed E-state index contributed by atoms with van der Waals surface area (Å²) in [4.78, 5) is 21.9. The monoisotopic (exact) mass is 359 g/mol. The molecule has 0 aliphatic carbocycles. The number of para-hydroxylation sites is 1. The number of hydrogen-bond acceptors (Lipinski definition) is 5. The number of phenolic OH excluding ortho intramolecular Hbond substituents is 1. The first-order valence-electron chi connectivity index (χ1n) is 8.49. The molecule has 1 aliphatic heterocycles. The zero-order chi connectivity index (χ0) is 18.2. The third-order valence-corrected chi connectivity index (χ3v) is 5.22. The average molecular weight is 359 g/mol. The topological polar surface area (TPSA) is 69.2 Å². The largest absolute Gasteiger partial charge is 0.507 e. The van der Waals surface area contributed by atoms with E-state index >= 15 is 0 Å². The van der Waals surface area contributed by atoms with Crippen LogP contribution in [-0.4, -0.2) is 32.8 Å². The first-order valence-corrected chi connectivity index (χ1v) is 9.72. The molecule has 134 valence electrons. The SMILES string of the molecule is CSc1nc2c(c(=O)[nH]1)CN(Cc1cccc(C(C)(C)C)c1O)CC2. The standard InChI is InChI=1S/C19H25N3O2S/c1-19(2,3)14-7-5-6-12(16(14)23)10-22-9-8-15-13(11-22)17(24)21-18(20-15)25-4/h5-7,23H,8-11H2,1-4H3,(H,20,21,24). The van der Waals surface area contributed by atoms with E-state index in [0.717, 1.165) is 35.3 Å². The Hall–Kier alpha value is -1.79. The summed E-state index contributed by atoms with van der Waals surface area (Å²) in [5.41, 5.74) is 3.34. The quantitative estimate of drug-likeness (QED) is 0.651. The summed E-state index contributed by atoms with van der Waals surface area (Å²) >= 11 is 1.45. The van der Waals surface area contributed by atoms with Crippen LogP contribution in [0.5, 0.6) is 5.75 Å². The molecule has 2 aromatic rings. The molecule has 0 bridgehead atoms. The number of phenols is 1. The Morgan fingerprint density at radius 2 is 2.12 bits per heavy atom. The minimum atomic E-state index is -0.107. The summed E-state index contributed by atoms with van der Waals surface area (Å²) < 4.78 is 0. The van der Waals surface area contributed by atoms with Crippen molar-refractivity contribution in [1.82, 2.24) is 14.9 Å². The maximum atomic E-state index is 12.3. The van der Waals surface area contributed by atoms with Gasteiger partial charge in [0.15, 0.2) is 5.16 Å². The molecule has 0 unspecified atom stereocenters. The Labute approximate surface area is 152 Å². The average Bonchev–Trinajstić information content (AvgIpc) is 2.56. The maximum Gasteiger partial charge on any atom is 0.256 e. The molecule has 0 saturated heterocycles. The summed E-state index contributed by atoms with van der Waals surface area (Å²) in [6, 6.07) is 5.93. The molecular weight excluding hydrogens is 334 g/mol. The van der Waals surface area contributed by atoms with Crippen LogP contribution in [0.4, 0.5) is 0 Å². The molecule has 25 heavy (non-hydrogen) atoms. The van der Waals surface area contributed by atoms with Crippen molar-refractivity contribution >= 4 is 11.8 Å². The lowest BCUT2D eigenvalue weighted by molar-refractivity contribution is 0.237. The molecule has 2 heterocycles. The Kier molecular flexibility index (Phi) is 4.93. The van der Waals surface area contributed by atoms with E-state index in [4.69, 9.17) is 0 Å². The van der Waals surface area contributed by atoms with Crippen molar-refractivity contribution in [3.05, 3.63) is 50.9 Å². The highest BCUT2D eigenvalue weighted by molar-refractivity contribution is 7.98. The third kappa shape index (κ3) is 3.75. The van der Waals surface area contributed by atoms with Gasteiger partial charge in [0.1, 0.15) is 5.75 Å². The molecule has 2 N–H and O–H groups in total. The lowest BCUT2D eigenvalue weighted by Crippen LogP contribution is -2.35. The molecule has 5 nitrogen and oxygen atoms in total. The van der Waals surface area contributed by atoms with E-state index in [-0.39, 0.29) is 11.0 Å². The highest BCUT2D eigenvalue weighted by atomic mass is 32.2. The van der Waals surface area contributed by atoms with Crippen LogP contribution >= 0.6 is 11.8 Å². The van der Waals surface area contributed by atoms with Crippen molar-refractivity contribution in [2.45, 2.75) is 50.9 Å². The minimum absolute atomic E-state index is 0.0493. The normalized spacial score (nSPS) is 15.2. The van der Waals surface area contributed by atoms with E-state index in [1.54, 1.807) is 0 Å².